The molecule has 0 bridgehead atoms. The lowest BCUT2D eigenvalue weighted by molar-refractivity contribution is -0.489. The maximum atomic E-state index is 12.7. The Labute approximate surface area is 133 Å². The average Bonchev–Trinajstić information content (AvgIpc) is 2.94. The maximum absolute atomic E-state index is 12.7. The normalized spacial score (nSPS) is 31.7. The zero-order chi connectivity index (χ0) is 16.7. The van der Waals surface area contributed by atoms with Gasteiger partial charge in [-0.1, -0.05) is 18.2 Å². The van der Waals surface area contributed by atoms with Crippen LogP contribution in [-0.4, -0.2) is 37.4 Å². The van der Waals surface area contributed by atoms with Crippen LogP contribution in [0, 0.1) is 15.5 Å². The van der Waals surface area contributed by atoms with E-state index in [2.05, 4.69) is 0 Å². The van der Waals surface area contributed by atoms with Crippen molar-refractivity contribution < 1.29 is 23.9 Å². The topological polar surface area (TPSA) is 87.9 Å². The SMILES string of the molecule is COC(=O)[C@]12CCC[C@@]1(OC)Oc1ccccc1[C@H]2C[N+](=O)[O-]. The summed E-state index contributed by atoms with van der Waals surface area (Å²) in [5, 5.41) is 11.3. The molecular formula is C16H19NO6. The van der Waals surface area contributed by atoms with Crippen molar-refractivity contribution in [1.82, 2.24) is 0 Å². The van der Waals surface area contributed by atoms with Gasteiger partial charge in [0.2, 0.25) is 12.3 Å². The second-order valence-electron chi connectivity index (χ2n) is 5.98. The number of nitro groups is 1. The molecule has 3 rings (SSSR count). The monoisotopic (exact) mass is 321 g/mol. The number of esters is 1. The Bertz CT molecular complexity index is 647. The Balaban J connectivity index is 2.25. The standard InChI is InChI=1S/C16H19NO6/c1-21-14(18)15-8-5-9-16(15,22-2)23-13-7-4-3-6-11(13)12(15)10-17(19)20/h3-4,6-7,12H,5,8-10H2,1-2H3/t12-,15-,16-/m1/s1. The van der Waals surface area contributed by atoms with E-state index in [1.807, 2.05) is 0 Å². The Morgan fingerprint density at radius 1 is 1.39 bits per heavy atom. The van der Waals surface area contributed by atoms with E-state index in [9.17, 15) is 14.9 Å². The van der Waals surface area contributed by atoms with Gasteiger partial charge in [-0.3, -0.25) is 14.9 Å². The van der Waals surface area contributed by atoms with E-state index in [4.69, 9.17) is 14.2 Å². The first kappa shape index (κ1) is 15.7. The van der Waals surface area contributed by atoms with Gasteiger partial charge in [0, 0.05) is 24.0 Å². The van der Waals surface area contributed by atoms with Crippen LogP contribution >= 0.6 is 0 Å². The molecule has 23 heavy (non-hydrogen) atoms. The van der Waals surface area contributed by atoms with Crippen LogP contribution in [0.3, 0.4) is 0 Å². The highest BCUT2D eigenvalue weighted by atomic mass is 16.7. The second-order valence-corrected chi connectivity index (χ2v) is 5.98. The smallest absolute Gasteiger partial charge is 0.319 e. The van der Waals surface area contributed by atoms with Crippen LogP contribution in [0.5, 0.6) is 5.75 Å². The summed E-state index contributed by atoms with van der Waals surface area (Å²) in [5.74, 6) is -1.87. The van der Waals surface area contributed by atoms with Crippen LogP contribution in [0.4, 0.5) is 0 Å². The second kappa shape index (κ2) is 5.49. The lowest BCUT2D eigenvalue weighted by atomic mass is 9.65. The first-order valence-corrected chi connectivity index (χ1v) is 7.54. The van der Waals surface area contributed by atoms with Gasteiger partial charge in [0.05, 0.1) is 13.0 Å². The zero-order valence-electron chi connectivity index (χ0n) is 13.1. The minimum Gasteiger partial charge on any atom is -0.468 e. The van der Waals surface area contributed by atoms with Gasteiger partial charge in [-0.05, 0) is 18.9 Å². The van der Waals surface area contributed by atoms with E-state index in [0.717, 1.165) is 0 Å². The number of para-hydroxylation sites is 1. The van der Waals surface area contributed by atoms with Crippen LogP contribution < -0.4 is 4.74 Å². The van der Waals surface area contributed by atoms with Gasteiger partial charge < -0.3 is 14.2 Å². The number of methoxy groups -OCH3 is 2. The molecule has 0 radical (unpaired) electrons. The number of carbonyl (C=O) groups is 1. The third-order valence-corrected chi connectivity index (χ3v) is 5.13. The van der Waals surface area contributed by atoms with Crippen molar-refractivity contribution in [3.8, 4) is 5.75 Å². The number of hydrogen-bond acceptors (Lipinski definition) is 6. The number of ether oxygens (including phenoxy) is 3. The van der Waals surface area contributed by atoms with Crippen molar-refractivity contribution in [1.29, 1.82) is 0 Å². The number of hydrogen-bond donors (Lipinski definition) is 0. The predicted octanol–water partition coefficient (Wildman–Crippen LogP) is 2.13. The molecule has 1 saturated carbocycles. The van der Waals surface area contributed by atoms with Gasteiger partial charge in [-0.15, -0.1) is 0 Å². The van der Waals surface area contributed by atoms with E-state index >= 15 is 0 Å². The lowest BCUT2D eigenvalue weighted by Crippen LogP contribution is -2.61. The van der Waals surface area contributed by atoms with Crippen LogP contribution in [0.2, 0.25) is 0 Å². The molecule has 0 amide bonds. The van der Waals surface area contributed by atoms with Crippen LogP contribution in [0.1, 0.15) is 30.7 Å². The first-order valence-electron chi connectivity index (χ1n) is 7.54. The van der Waals surface area contributed by atoms with Crippen LogP contribution in [-0.2, 0) is 14.3 Å². The van der Waals surface area contributed by atoms with E-state index in [-0.39, 0.29) is 6.54 Å². The van der Waals surface area contributed by atoms with Gasteiger partial charge in [-0.2, -0.15) is 0 Å². The molecule has 1 aliphatic heterocycles. The minimum atomic E-state index is -1.23. The third kappa shape index (κ3) is 2.03. The van der Waals surface area contributed by atoms with Gasteiger partial charge >= 0.3 is 5.97 Å². The fourth-order valence-corrected chi connectivity index (χ4v) is 4.21. The lowest BCUT2D eigenvalue weighted by Gasteiger charge is -2.49. The molecule has 124 valence electrons. The number of nitrogens with zero attached hydrogens (tertiary/aromatic N) is 1. The Morgan fingerprint density at radius 2 is 2.13 bits per heavy atom. The molecule has 0 spiro atoms. The third-order valence-electron chi connectivity index (χ3n) is 5.13. The number of benzene rings is 1. The summed E-state index contributed by atoms with van der Waals surface area (Å²) >= 11 is 0. The fourth-order valence-electron chi connectivity index (χ4n) is 4.21. The highest BCUT2D eigenvalue weighted by molar-refractivity contribution is 5.81. The van der Waals surface area contributed by atoms with Gasteiger partial charge in [0.15, 0.2) is 0 Å². The van der Waals surface area contributed by atoms with Crippen molar-refractivity contribution in [2.45, 2.75) is 31.0 Å². The molecule has 7 nitrogen and oxygen atoms in total. The summed E-state index contributed by atoms with van der Waals surface area (Å²) in [7, 11) is 2.76. The summed E-state index contributed by atoms with van der Waals surface area (Å²) in [6.45, 7) is -0.374. The summed E-state index contributed by atoms with van der Waals surface area (Å²) in [4.78, 5) is 23.6. The molecule has 1 fully saturated rings. The molecule has 1 aliphatic carbocycles. The Hall–Kier alpha value is -2.15. The fraction of sp³-hybridized carbons (Fsp3) is 0.562. The van der Waals surface area contributed by atoms with Crippen molar-refractivity contribution >= 4 is 5.97 Å². The maximum Gasteiger partial charge on any atom is 0.319 e. The summed E-state index contributed by atoms with van der Waals surface area (Å²) in [5.41, 5.74) is -0.554. The molecule has 1 aromatic rings. The molecule has 1 heterocycles. The molecule has 0 N–H and O–H groups in total. The summed E-state index contributed by atoms with van der Waals surface area (Å²) < 4.78 is 16.8. The molecule has 0 unspecified atom stereocenters. The average molecular weight is 321 g/mol. The highest BCUT2D eigenvalue weighted by Crippen LogP contribution is 2.61. The van der Waals surface area contributed by atoms with Crippen LogP contribution in [0.25, 0.3) is 0 Å². The Kier molecular flexibility index (Phi) is 3.75. The van der Waals surface area contributed by atoms with Crippen molar-refractivity contribution in [2.75, 3.05) is 20.8 Å². The number of carbonyl (C=O) groups excluding carboxylic acids is 1. The number of fused-ring (bicyclic) bond motifs is 2. The molecule has 1 aromatic carbocycles. The van der Waals surface area contributed by atoms with Crippen LogP contribution in [0.15, 0.2) is 24.3 Å². The molecule has 0 aromatic heterocycles. The molecule has 7 heteroatoms. The molecule has 2 aliphatic rings. The van der Waals surface area contributed by atoms with Crippen molar-refractivity contribution in [3.05, 3.63) is 39.9 Å². The predicted molar refractivity (Wildman–Crippen MR) is 79.7 cm³/mol. The van der Waals surface area contributed by atoms with Crippen molar-refractivity contribution in [3.63, 3.8) is 0 Å². The highest BCUT2D eigenvalue weighted by Gasteiger charge is 2.70. The Morgan fingerprint density at radius 3 is 2.78 bits per heavy atom. The van der Waals surface area contributed by atoms with Gasteiger partial charge in [0.25, 0.3) is 0 Å². The van der Waals surface area contributed by atoms with Gasteiger partial charge in [-0.25, -0.2) is 0 Å². The van der Waals surface area contributed by atoms with E-state index in [0.29, 0.717) is 30.6 Å². The van der Waals surface area contributed by atoms with E-state index in [1.54, 1.807) is 24.3 Å². The van der Waals surface area contributed by atoms with Crippen molar-refractivity contribution in [2.24, 2.45) is 5.41 Å². The molecule has 3 atom stereocenters. The zero-order valence-corrected chi connectivity index (χ0v) is 13.1. The van der Waals surface area contributed by atoms with E-state index < -0.39 is 28.0 Å². The largest absolute Gasteiger partial charge is 0.468 e. The first-order chi connectivity index (χ1) is 11.0. The van der Waals surface area contributed by atoms with E-state index in [1.165, 1.54) is 14.2 Å². The minimum absolute atomic E-state index is 0.374. The quantitative estimate of drug-likeness (QED) is 0.479. The molecule has 0 saturated heterocycles. The number of rotatable bonds is 4. The molecular weight excluding hydrogens is 302 g/mol. The summed E-state index contributed by atoms with van der Waals surface area (Å²) in [6.07, 6.45) is 1.59. The summed E-state index contributed by atoms with van der Waals surface area (Å²) in [6, 6.07) is 7.11. The van der Waals surface area contributed by atoms with Gasteiger partial charge in [0.1, 0.15) is 11.2 Å².